The van der Waals surface area contributed by atoms with Gasteiger partial charge in [-0.15, -0.1) is 5.10 Å². The maximum atomic E-state index is 14.6. The van der Waals surface area contributed by atoms with Crippen molar-refractivity contribution in [2.45, 2.75) is 69.9 Å². The third kappa shape index (κ3) is 3.02. The van der Waals surface area contributed by atoms with Crippen LogP contribution in [0.25, 0.3) is 0 Å². The molecule has 0 amide bonds. The molecule has 0 bridgehead atoms. The quantitative estimate of drug-likeness (QED) is 0.920. The Balaban J connectivity index is 1.61. The fourth-order valence-electron chi connectivity index (χ4n) is 3.49. The first-order chi connectivity index (χ1) is 11.8. The number of tetrazole rings is 1. The summed E-state index contributed by atoms with van der Waals surface area (Å²) in [6.45, 7) is 6.64. The minimum absolute atomic E-state index is 0.0495. The molecule has 1 saturated carbocycles. The standard InChI is InChI=1S/C17H24F2N6/c1-16(2,3)13-8-12(10-20-13)24-7-6-17(18,19)14(24)9-15-21-22-23-25(15)11-4-5-11/h8,10-11,14,20H,4-7,9H2,1-3H3. The molecule has 1 unspecified atom stereocenters. The molecule has 0 radical (unpaired) electrons. The lowest BCUT2D eigenvalue weighted by molar-refractivity contribution is -0.00749. The SMILES string of the molecule is CC(C)(C)c1cc(N2CCC(F)(F)C2Cc2nnnn2C2CC2)c[nH]1. The number of aromatic amines is 1. The highest BCUT2D eigenvalue weighted by molar-refractivity contribution is 5.51. The molecule has 2 aromatic heterocycles. The van der Waals surface area contributed by atoms with E-state index in [0.717, 1.165) is 24.2 Å². The van der Waals surface area contributed by atoms with E-state index in [9.17, 15) is 8.78 Å². The van der Waals surface area contributed by atoms with E-state index >= 15 is 0 Å². The van der Waals surface area contributed by atoms with Gasteiger partial charge in [-0.1, -0.05) is 20.8 Å². The van der Waals surface area contributed by atoms with Crippen LogP contribution >= 0.6 is 0 Å². The van der Waals surface area contributed by atoms with E-state index in [2.05, 4.69) is 41.3 Å². The second-order valence-electron chi connectivity index (χ2n) is 8.22. The Morgan fingerprint density at radius 2 is 2.08 bits per heavy atom. The topological polar surface area (TPSA) is 62.6 Å². The highest BCUT2D eigenvalue weighted by Gasteiger charge is 2.50. The molecule has 1 atom stereocenters. The van der Waals surface area contributed by atoms with Crippen molar-refractivity contribution in [3.8, 4) is 0 Å². The van der Waals surface area contributed by atoms with Gasteiger partial charge in [0.25, 0.3) is 5.92 Å². The molecule has 0 spiro atoms. The van der Waals surface area contributed by atoms with Crippen molar-refractivity contribution in [2.75, 3.05) is 11.4 Å². The van der Waals surface area contributed by atoms with Crippen LogP contribution in [-0.2, 0) is 11.8 Å². The number of rotatable bonds is 4. The van der Waals surface area contributed by atoms with Crippen LogP contribution in [0.15, 0.2) is 12.3 Å². The maximum Gasteiger partial charge on any atom is 0.270 e. The zero-order valence-corrected chi connectivity index (χ0v) is 14.8. The maximum absolute atomic E-state index is 14.6. The van der Waals surface area contributed by atoms with Gasteiger partial charge in [0.15, 0.2) is 5.82 Å². The molecule has 1 N–H and O–H groups in total. The first-order valence-corrected chi connectivity index (χ1v) is 8.86. The van der Waals surface area contributed by atoms with Gasteiger partial charge in [0, 0.05) is 36.7 Å². The number of anilines is 1. The van der Waals surface area contributed by atoms with Gasteiger partial charge < -0.3 is 9.88 Å². The van der Waals surface area contributed by atoms with Crippen LogP contribution in [0.3, 0.4) is 0 Å². The molecule has 1 aliphatic heterocycles. The predicted octanol–water partition coefficient (Wildman–Crippen LogP) is 3.09. The van der Waals surface area contributed by atoms with Crippen molar-refractivity contribution in [3.05, 3.63) is 23.8 Å². The monoisotopic (exact) mass is 350 g/mol. The number of nitrogens with one attached hydrogen (secondary N) is 1. The second-order valence-corrected chi connectivity index (χ2v) is 8.22. The van der Waals surface area contributed by atoms with E-state index in [1.165, 1.54) is 0 Å². The van der Waals surface area contributed by atoms with Crippen LogP contribution in [0.5, 0.6) is 0 Å². The number of alkyl halides is 2. The third-order valence-corrected chi connectivity index (χ3v) is 5.19. The van der Waals surface area contributed by atoms with E-state index in [1.54, 1.807) is 9.58 Å². The number of aromatic nitrogens is 5. The van der Waals surface area contributed by atoms with E-state index in [4.69, 9.17) is 0 Å². The molecule has 0 aromatic carbocycles. The largest absolute Gasteiger partial charge is 0.363 e. The van der Waals surface area contributed by atoms with Gasteiger partial charge in [-0.2, -0.15) is 0 Å². The molecule has 4 rings (SSSR count). The van der Waals surface area contributed by atoms with Gasteiger partial charge in [-0.05, 0) is 29.3 Å². The average Bonchev–Trinajstić information content (AvgIpc) is 2.96. The van der Waals surface area contributed by atoms with Gasteiger partial charge >= 0.3 is 0 Å². The molecule has 1 saturated heterocycles. The fourth-order valence-corrected chi connectivity index (χ4v) is 3.49. The molecular weight excluding hydrogens is 326 g/mol. The summed E-state index contributed by atoms with van der Waals surface area (Å²) in [6, 6.07) is 1.35. The summed E-state index contributed by atoms with van der Waals surface area (Å²) in [7, 11) is 0. The molecule has 2 aliphatic rings. The second kappa shape index (κ2) is 5.51. The Kier molecular flexibility index (Phi) is 3.63. The predicted molar refractivity (Wildman–Crippen MR) is 90.0 cm³/mol. The molecule has 2 aromatic rings. The summed E-state index contributed by atoms with van der Waals surface area (Å²) in [5, 5.41) is 11.7. The van der Waals surface area contributed by atoms with Crippen LogP contribution in [0, 0.1) is 0 Å². The van der Waals surface area contributed by atoms with Gasteiger partial charge in [0.1, 0.15) is 0 Å². The van der Waals surface area contributed by atoms with E-state index in [1.807, 2.05) is 12.3 Å². The minimum Gasteiger partial charge on any atom is -0.363 e. The van der Waals surface area contributed by atoms with E-state index in [0.29, 0.717) is 12.4 Å². The van der Waals surface area contributed by atoms with Crippen LogP contribution in [0.1, 0.15) is 57.6 Å². The summed E-state index contributed by atoms with van der Waals surface area (Å²) in [4.78, 5) is 5.04. The van der Waals surface area contributed by atoms with E-state index in [-0.39, 0.29) is 24.3 Å². The van der Waals surface area contributed by atoms with Crippen molar-refractivity contribution in [1.29, 1.82) is 0 Å². The Hall–Kier alpha value is -1.99. The lowest BCUT2D eigenvalue weighted by Gasteiger charge is -2.28. The van der Waals surface area contributed by atoms with Gasteiger partial charge in [0.2, 0.25) is 0 Å². The Bertz CT molecular complexity index is 755. The van der Waals surface area contributed by atoms with Crippen molar-refractivity contribution in [3.63, 3.8) is 0 Å². The Morgan fingerprint density at radius 3 is 2.72 bits per heavy atom. The zero-order valence-electron chi connectivity index (χ0n) is 14.8. The summed E-state index contributed by atoms with van der Waals surface area (Å²) < 4.78 is 30.9. The fraction of sp³-hybridized carbons (Fsp3) is 0.706. The highest BCUT2D eigenvalue weighted by atomic mass is 19.3. The van der Waals surface area contributed by atoms with E-state index < -0.39 is 12.0 Å². The minimum atomic E-state index is -2.75. The molecule has 2 fully saturated rings. The Morgan fingerprint density at radius 1 is 1.32 bits per heavy atom. The molecule has 136 valence electrons. The average molecular weight is 350 g/mol. The lowest BCUT2D eigenvalue weighted by atomic mass is 9.92. The number of nitrogens with zero attached hydrogens (tertiary/aromatic N) is 5. The molecule has 3 heterocycles. The summed E-state index contributed by atoms with van der Waals surface area (Å²) in [5.74, 6) is -2.19. The van der Waals surface area contributed by atoms with Gasteiger partial charge in [-0.25, -0.2) is 13.5 Å². The van der Waals surface area contributed by atoms with Crippen molar-refractivity contribution >= 4 is 5.69 Å². The number of hydrogen-bond donors (Lipinski definition) is 1. The van der Waals surface area contributed by atoms with Gasteiger partial charge in [-0.3, -0.25) is 0 Å². The molecule has 6 nitrogen and oxygen atoms in total. The van der Waals surface area contributed by atoms with Crippen molar-refractivity contribution in [1.82, 2.24) is 25.2 Å². The highest BCUT2D eigenvalue weighted by Crippen LogP contribution is 2.41. The van der Waals surface area contributed by atoms with Crippen LogP contribution in [-0.4, -0.2) is 43.7 Å². The molecule has 8 heteroatoms. The molecular formula is C17H24F2N6. The summed E-state index contributed by atoms with van der Waals surface area (Å²) >= 11 is 0. The first kappa shape index (κ1) is 16.5. The normalized spacial score (nSPS) is 23.4. The Labute approximate surface area is 145 Å². The van der Waals surface area contributed by atoms with Crippen LogP contribution in [0.4, 0.5) is 14.5 Å². The summed E-state index contributed by atoms with van der Waals surface area (Å²) in [5.41, 5.74) is 1.81. The van der Waals surface area contributed by atoms with Crippen molar-refractivity contribution in [2.24, 2.45) is 0 Å². The smallest absolute Gasteiger partial charge is 0.270 e. The third-order valence-electron chi connectivity index (χ3n) is 5.19. The molecule has 1 aliphatic carbocycles. The molecule has 25 heavy (non-hydrogen) atoms. The van der Waals surface area contributed by atoms with Crippen LogP contribution in [0.2, 0.25) is 0 Å². The summed E-state index contributed by atoms with van der Waals surface area (Å²) in [6.07, 6.45) is 3.90. The van der Waals surface area contributed by atoms with Gasteiger partial charge in [0.05, 0.1) is 17.8 Å². The number of H-pyrrole nitrogens is 1. The number of halogens is 2. The zero-order chi connectivity index (χ0) is 17.8. The lowest BCUT2D eigenvalue weighted by Crippen LogP contribution is -2.41. The van der Waals surface area contributed by atoms with Crippen LogP contribution < -0.4 is 4.90 Å². The van der Waals surface area contributed by atoms with Crippen molar-refractivity contribution < 1.29 is 8.78 Å². The first-order valence-electron chi connectivity index (χ1n) is 8.86. The number of hydrogen-bond acceptors (Lipinski definition) is 4.